The summed E-state index contributed by atoms with van der Waals surface area (Å²) in [6.07, 6.45) is 34.9. The number of nitrogens with zero attached hydrogens (tertiary/aromatic N) is 1. The van der Waals surface area contributed by atoms with Gasteiger partial charge < -0.3 is 19.8 Å². The number of phosphoric ester groups is 1. The number of aliphatic hydroxyl groups is 1. The lowest BCUT2D eigenvalue weighted by Gasteiger charge is -2.25. The lowest BCUT2D eigenvalue weighted by molar-refractivity contribution is -0.870. The number of carbonyl (C=O) groups is 1. The number of phosphoric acid groups is 1. The Morgan fingerprint density at radius 1 is 0.702 bits per heavy atom. The predicted octanol–water partition coefficient (Wildman–Crippen LogP) is 9.57. The van der Waals surface area contributed by atoms with Crippen LogP contribution < -0.4 is 5.32 Å². The summed E-state index contributed by atoms with van der Waals surface area (Å²) in [5.41, 5.74) is 0. The van der Waals surface area contributed by atoms with Crippen LogP contribution in [0, 0.1) is 0 Å². The van der Waals surface area contributed by atoms with Crippen molar-refractivity contribution < 1.29 is 32.9 Å². The zero-order chi connectivity index (χ0) is 35.1. The summed E-state index contributed by atoms with van der Waals surface area (Å²) in [5.74, 6) is -0.200. The average Bonchev–Trinajstić information content (AvgIpc) is 3.01. The van der Waals surface area contributed by atoms with Crippen LogP contribution in [0.2, 0.25) is 0 Å². The van der Waals surface area contributed by atoms with E-state index in [2.05, 4.69) is 43.5 Å². The second-order valence-electron chi connectivity index (χ2n) is 13.9. The summed E-state index contributed by atoms with van der Waals surface area (Å²) in [4.78, 5) is 22.9. The van der Waals surface area contributed by atoms with Crippen LogP contribution in [0.25, 0.3) is 0 Å². The van der Waals surface area contributed by atoms with E-state index in [1.165, 1.54) is 77.0 Å². The van der Waals surface area contributed by atoms with Crippen LogP contribution >= 0.6 is 7.82 Å². The second-order valence-corrected chi connectivity index (χ2v) is 15.4. The Balaban J connectivity index is 4.60. The molecule has 0 bridgehead atoms. The van der Waals surface area contributed by atoms with E-state index < -0.39 is 20.0 Å². The molecule has 1 amide bonds. The number of unbranched alkanes of at least 4 members (excludes halogenated alkanes) is 16. The van der Waals surface area contributed by atoms with Crippen LogP contribution in [0.15, 0.2) is 36.5 Å². The van der Waals surface area contributed by atoms with E-state index in [4.69, 9.17) is 9.05 Å². The van der Waals surface area contributed by atoms with E-state index in [0.29, 0.717) is 17.4 Å². The molecule has 0 aromatic carbocycles. The minimum absolute atomic E-state index is 0.0540. The molecule has 0 radical (unpaired) electrons. The fraction of sp³-hybridized carbons (Fsp3) is 0.816. The number of quaternary nitrogens is 1. The molecule has 0 aliphatic rings. The van der Waals surface area contributed by atoms with E-state index in [-0.39, 0.29) is 19.1 Å². The standard InChI is InChI=1S/C38H73N2O6P/c1-6-8-10-12-14-16-18-19-20-22-24-26-28-30-32-38(42)39-36(35-46-47(43,44)45-34-33-40(3,4)5)37(41)31-29-27-25-23-21-17-15-13-11-9-7-2/h18-19,21,23,29,31,36-37,41H,6-17,20,22,24-28,30,32-35H2,1-5H3,(H-,39,42,43,44)/p+1/b19-18+,23-21+,31-29+/t36-,37+/m0/s1. The third-order valence-corrected chi connectivity index (χ3v) is 9.07. The highest BCUT2D eigenvalue weighted by Crippen LogP contribution is 2.43. The van der Waals surface area contributed by atoms with Crippen molar-refractivity contribution in [3.63, 3.8) is 0 Å². The Labute approximate surface area is 289 Å². The number of likely N-dealkylation sites (N-methyl/N-ethyl adjacent to an activating group) is 1. The molecular weight excluding hydrogens is 611 g/mol. The summed E-state index contributed by atoms with van der Waals surface area (Å²) >= 11 is 0. The molecule has 47 heavy (non-hydrogen) atoms. The normalized spacial score (nSPS) is 15.1. The number of nitrogens with one attached hydrogen (secondary N) is 1. The third kappa shape index (κ3) is 33.0. The Kier molecular flexibility index (Phi) is 29.9. The first-order chi connectivity index (χ1) is 22.5. The molecule has 3 N–H and O–H groups in total. The maximum absolute atomic E-state index is 12.8. The van der Waals surface area contributed by atoms with Gasteiger partial charge in [0.15, 0.2) is 0 Å². The summed E-state index contributed by atoms with van der Waals surface area (Å²) in [6.45, 7) is 4.72. The molecule has 0 rings (SSSR count). The summed E-state index contributed by atoms with van der Waals surface area (Å²) in [6, 6.07) is -0.863. The van der Waals surface area contributed by atoms with Gasteiger partial charge in [-0.25, -0.2) is 4.57 Å². The number of aliphatic hydroxyl groups excluding tert-OH is 1. The fourth-order valence-corrected chi connectivity index (χ4v) is 5.73. The molecule has 8 nitrogen and oxygen atoms in total. The first-order valence-electron chi connectivity index (χ1n) is 18.9. The Bertz CT molecular complexity index is 871. The van der Waals surface area contributed by atoms with Gasteiger partial charge in [0.25, 0.3) is 0 Å². The highest BCUT2D eigenvalue weighted by Gasteiger charge is 2.27. The largest absolute Gasteiger partial charge is 0.472 e. The number of amides is 1. The van der Waals surface area contributed by atoms with Gasteiger partial charge in [0, 0.05) is 6.42 Å². The minimum atomic E-state index is -4.34. The van der Waals surface area contributed by atoms with Gasteiger partial charge in [0.05, 0.1) is 39.9 Å². The molecule has 276 valence electrons. The zero-order valence-corrected chi connectivity index (χ0v) is 31.9. The number of hydrogen-bond acceptors (Lipinski definition) is 5. The number of allylic oxidation sites excluding steroid dienone is 5. The van der Waals surface area contributed by atoms with Crippen molar-refractivity contribution in [2.24, 2.45) is 0 Å². The molecule has 0 spiro atoms. The quantitative estimate of drug-likeness (QED) is 0.0275. The molecule has 0 aromatic rings. The zero-order valence-electron chi connectivity index (χ0n) is 31.0. The maximum atomic E-state index is 12.8. The Hall–Kier alpha value is -1.28. The van der Waals surface area contributed by atoms with Crippen molar-refractivity contribution in [2.45, 2.75) is 161 Å². The van der Waals surface area contributed by atoms with Crippen LogP contribution in [-0.4, -0.2) is 73.4 Å². The first kappa shape index (κ1) is 45.7. The predicted molar refractivity (Wildman–Crippen MR) is 198 cm³/mol. The monoisotopic (exact) mass is 686 g/mol. The van der Waals surface area contributed by atoms with Crippen molar-refractivity contribution in [3.05, 3.63) is 36.5 Å². The maximum Gasteiger partial charge on any atom is 0.472 e. The Morgan fingerprint density at radius 3 is 1.70 bits per heavy atom. The van der Waals surface area contributed by atoms with Crippen LogP contribution in [0.3, 0.4) is 0 Å². The lowest BCUT2D eigenvalue weighted by Crippen LogP contribution is -2.45. The third-order valence-electron chi connectivity index (χ3n) is 8.08. The van der Waals surface area contributed by atoms with Gasteiger partial charge in [-0.15, -0.1) is 0 Å². The first-order valence-corrected chi connectivity index (χ1v) is 20.4. The van der Waals surface area contributed by atoms with Crippen LogP contribution in [0.1, 0.15) is 149 Å². The van der Waals surface area contributed by atoms with Gasteiger partial charge in [-0.2, -0.15) is 0 Å². The molecule has 0 saturated carbocycles. The SMILES string of the molecule is CCCCCCC/C=C/CC/C=C/[C@@H](O)[C@H](COP(=O)(O)OCC[N+](C)(C)C)NC(=O)CCCCCCC/C=C/CCCCCCC. The molecule has 0 saturated heterocycles. The van der Waals surface area contributed by atoms with Crippen molar-refractivity contribution in [1.29, 1.82) is 0 Å². The van der Waals surface area contributed by atoms with Gasteiger partial charge in [0.2, 0.25) is 5.91 Å². The second kappa shape index (κ2) is 30.8. The highest BCUT2D eigenvalue weighted by molar-refractivity contribution is 7.47. The van der Waals surface area contributed by atoms with E-state index in [9.17, 15) is 19.4 Å². The van der Waals surface area contributed by atoms with Gasteiger partial charge in [-0.05, 0) is 57.8 Å². The van der Waals surface area contributed by atoms with E-state index >= 15 is 0 Å². The van der Waals surface area contributed by atoms with Gasteiger partial charge in [-0.3, -0.25) is 13.8 Å². The van der Waals surface area contributed by atoms with Crippen molar-refractivity contribution in [1.82, 2.24) is 5.32 Å². The molecule has 3 atom stereocenters. The molecule has 1 unspecified atom stereocenters. The molecular formula is C38H74N2O6P+. The molecule has 0 aliphatic carbocycles. The molecule has 9 heteroatoms. The van der Waals surface area contributed by atoms with E-state index in [0.717, 1.165) is 51.4 Å². The number of rotatable bonds is 33. The van der Waals surface area contributed by atoms with Gasteiger partial charge in [0.1, 0.15) is 13.2 Å². The van der Waals surface area contributed by atoms with E-state index in [1.807, 2.05) is 27.2 Å². The summed E-state index contributed by atoms with van der Waals surface area (Å²) in [5, 5.41) is 13.7. The minimum Gasteiger partial charge on any atom is -0.387 e. The molecule has 0 aliphatic heterocycles. The van der Waals surface area contributed by atoms with Crippen molar-refractivity contribution in [2.75, 3.05) is 40.9 Å². The smallest absolute Gasteiger partial charge is 0.387 e. The number of carbonyl (C=O) groups excluding carboxylic acids is 1. The van der Waals surface area contributed by atoms with Crippen LogP contribution in [0.4, 0.5) is 0 Å². The van der Waals surface area contributed by atoms with Crippen molar-refractivity contribution >= 4 is 13.7 Å². The summed E-state index contributed by atoms with van der Waals surface area (Å²) in [7, 11) is 1.54. The lowest BCUT2D eigenvalue weighted by atomic mass is 10.1. The Morgan fingerprint density at radius 2 is 1.17 bits per heavy atom. The van der Waals surface area contributed by atoms with E-state index in [1.54, 1.807) is 6.08 Å². The van der Waals surface area contributed by atoms with Gasteiger partial charge in [-0.1, -0.05) is 121 Å². The molecule has 0 heterocycles. The summed E-state index contributed by atoms with van der Waals surface area (Å²) < 4.78 is 23.4. The highest BCUT2D eigenvalue weighted by atomic mass is 31.2. The van der Waals surface area contributed by atoms with Crippen molar-refractivity contribution in [3.8, 4) is 0 Å². The number of hydrogen-bond donors (Lipinski definition) is 3. The topological polar surface area (TPSA) is 105 Å². The average molecular weight is 686 g/mol. The fourth-order valence-electron chi connectivity index (χ4n) is 4.99. The van der Waals surface area contributed by atoms with Gasteiger partial charge >= 0.3 is 7.82 Å². The molecule has 0 aromatic heterocycles. The van der Waals surface area contributed by atoms with Crippen LogP contribution in [-0.2, 0) is 18.4 Å². The van der Waals surface area contributed by atoms with Crippen LogP contribution in [0.5, 0.6) is 0 Å². The molecule has 0 fully saturated rings.